The van der Waals surface area contributed by atoms with Crippen molar-refractivity contribution >= 4 is 11.5 Å². The van der Waals surface area contributed by atoms with Crippen molar-refractivity contribution in [3.63, 3.8) is 0 Å². The number of hydrogen-bond acceptors (Lipinski definition) is 3. The van der Waals surface area contributed by atoms with Gasteiger partial charge in [-0.05, 0) is 18.9 Å². The van der Waals surface area contributed by atoms with Crippen LogP contribution in [0.5, 0.6) is 0 Å². The molecule has 76 valence electrons. The van der Waals surface area contributed by atoms with Crippen molar-refractivity contribution < 1.29 is 0 Å². The van der Waals surface area contributed by atoms with E-state index in [1.807, 2.05) is 19.3 Å². The Balaban J connectivity index is 2.00. The summed E-state index contributed by atoms with van der Waals surface area (Å²) in [5, 5.41) is 6.58. The third kappa shape index (κ3) is 2.16. The van der Waals surface area contributed by atoms with Crippen LogP contribution in [0.15, 0.2) is 18.3 Å². The number of hydrogen-bond donors (Lipinski definition) is 2. The Hall–Kier alpha value is -1.25. The van der Waals surface area contributed by atoms with Gasteiger partial charge in [-0.25, -0.2) is 4.98 Å². The van der Waals surface area contributed by atoms with E-state index in [0.717, 1.165) is 5.82 Å². The fraction of sp³-hybridized carbons (Fsp3) is 0.545. The highest BCUT2D eigenvalue weighted by Gasteiger charge is 2.14. The van der Waals surface area contributed by atoms with Crippen molar-refractivity contribution in [1.82, 2.24) is 4.98 Å². The van der Waals surface area contributed by atoms with Crippen LogP contribution in [0.1, 0.15) is 25.7 Å². The summed E-state index contributed by atoms with van der Waals surface area (Å²) in [7, 11) is 1.89. The largest absolute Gasteiger partial charge is 0.382 e. The monoisotopic (exact) mass is 191 g/mol. The van der Waals surface area contributed by atoms with E-state index in [2.05, 4.69) is 21.7 Å². The van der Waals surface area contributed by atoms with Crippen LogP contribution >= 0.6 is 0 Å². The van der Waals surface area contributed by atoms with E-state index in [1.165, 1.54) is 31.4 Å². The first-order valence-corrected chi connectivity index (χ1v) is 5.29. The third-order valence-electron chi connectivity index (χ3n) is 2.74. The fourth-order valence-corrected chi connectivity index (χ4v) is 1.96. The van der Waals surface area contributed by atoms with Crippen molar-refractivity contribution in [1.29, 1.82) is 0 Å². The molecular formula is C11H17N3. The number of anilines is 2. The summed E-state index contributed by atoms with van der Waals surface area (Å²) in [5.74, 6) is 0.924. The van der Waals surface area contributed by atoms with Crippen LogP contribution in [0.2, 0.25) is 0 Å². The zero-order valence-corrected chi connectivity index (χ0v) is 8.59. The van der Waals surface area contributed by atoms with Crippen molar-refractivity contribution in [2.45, 2.75) is 31.7 Å². The van der Waals surface area contributed by atoms with Crippen LogP contribution in [-0.2, 0) is 0 Å². The summed E-state index contributed by atoms with van der Waals surface area (Å²) < 4.78 is 0. The first kappa shape index (κ1) is 9.31. The molecule has 0 aromatic carbocycles. The summed E-state index contributed by atoms with van der Waals surface area (Å²) in [6.07, 6.45) is 7.17. The molecular weight excluding hydrogens is 174 g/mol. The molecule has 14 heavy (non-hydrogen) atoms. The predicted octanol–water partition coefficient (Wildman–Crippen LogP) is 2.48. The zero-order chi connectivity index (χ0) is 9.80. The van der Waals surface area contributed by atoms with Gasteiger partial charge >= 0.3 is 0 Å². The standard InChI is InChI=1S/C11H17N3/c1-12-11-8-10(6-7-13-11)14-9-4-2-3-5-9/h6-9H,2-5H2,1H3,(H2,12,13,14). The molecule has 0 unspecified atom stereocenters. The molecule has 1 fully saturated rings. The molecule has 1 aliphatic rings. The number of rotatable bonds is 3. The molecule has 2 N–H and O–H groups in total. The first-order chi connectivity index (χ1) is 6.88. The van der Waals surface area contributed by atoms with Crippen molar-refractivity contribution in [2.24, 2.45) is 0 Å². The second-order valence-electron chi connectivity index (χ2n) is 3.81. The molecule has 0 bridgehead atoms. The Bertz CT molecular complexity index is 292. The highest BCUT2D eigenvalue weighted by molar-refractivity contribution is 5.52. The quantitative estimate of drug-likeness (QED) is 0.770. The first-order valence-electron chi connectivity index (χ1n) is 5.29. The fourth-order valence-electron chi connectivity index (χ4n) is 1.96. The molecule has 1 aliphatic carbocycles. The molecule has 1 heterocycles. The molecule has 0 saturated heterocycles. The maximum Gasteiger partial charge on any atom is 0.127 e. The molecule has 2 rings (SSSR count). The van der Waals surface area contributed by atoms with Crippen molar-refractivity contribution in [2.75, 3.05) is 17.7 Å². The number of pyridine rings is 1. The lowest BCUT2D eigenvalue weighted by Crippen LogP contribution is -2.14. The number of nitrogens with one attached hydrogen (secondary N) is 2. The highest BCUT2D eigenvalue weighted by atomic mass is 15.0. The van der Waals surface area contributed by atoms with Crippen LogP contribution in [-0.4, -0.2) is 18.1 Å². The van der Waals surface area contributed by atoms with E-state index in [4.69, 9.17) is 0 Å². The van der Waals surface area contributed by atoms with Crippen LogP contribution < -0.4 is 10.6 Å². The second-order valence-corrected chi connectivity index (χ2v) is 3.81. The summed E-state index contributed by atoms with van der Waals surface area (Å²) in [4.78, 5) is 4.18. The van der Waals surface area contributed by atoms with E-state index in [-0.39, 0.29) is 0 Å². The van der Waals surface area contributed by atoms with Crippen LogP contribution in [0, 0.1) is 0 Å². The smallest absolute Gasteiger partial charge is 0.127 e. The Morgan fingerprint density at radius 1 is 1.36 bits per heavy atom. The minimum absolute atomic E-state index is 0.669. The van der Waals surface area contributed by atoms with Crippen LogP contribution in [0.3, 0.4) is 0 Å². The van der Waals surface area contributed by atoms with Crippen LogP contribution in [0.4, 0.5) is 11.5 Å². The summed E-state index contributed by atoms with van der Waals surface area (Å²) in [5.41, 5.74) is 1.18. The zero-order valence-electron chi connectivity index (χ0n) is 8.59. The van der Waals surface area contributed by atoms with Gasteiger partial charge in [0.25, 0.3) is 0 Å². The van der Waals surface area contributed by atoms with Crippen molar-refractivity contribution in [3.05, 3.63) is 18.3 Å². The number of nitrogens with zero attached hydrogens (tertiary/aromatic N) is 1. The second kappa shape index (κ2) is 4.31. The van der Waals surface area contributed by atoms with E-state index in [0.29, 0.717) is 6.04 Å². The lowest BCUT2D eigenvalue weighted by molar-refractivity contribution is 0.755. The minimum atomic E-state index is 0.669. The molecule has 1 saturated carbocycles. The van der Waals surface area contributed by atoms with E-state index in [1.54, 1.807) is 0 Å². The molecule has 1 aromatic heterocycles. The Kier molecular flexibility index (Phi) is 2.87. The summed E-state index contributed by atoms with van der Waals surface area (Å²) in [6.45, 7) is 0. The molecule has 3 heteroatoms. The number of aromatic nitrogens is 1. The van der Waals surface area contributed by atoms with Gasteiger partial charge in [0.2, 0.25) is 0 Å². The van der Waals surface area contributed by atoms with E-state index >= 15 is 0 Å². The van der Waals surface area contributed by atoms with Gasteiger partial charge < -0.3 is 10.6 Å². The van der Waals surface area contributed by atoms with Crippen LogP contribution in [0.25, 0.3) is 0 Å². The Labute approximate surface area is 84.9 Å². The molecule has 0 aliphatic heterocycles. The maximum atomic E-state index is 4.18. The molecule has 1 aromatic rings. The van der Waals surface area contributed by atoms with Gasteiger partial charge in [0.1, 0.15) is 5.82 Å². The molecule has 0 atom stereocenters. The Morgan fingerprint density at radius 2 is 2.14 bits per heavy atom. The highest BCUT2D eigenvalue weighted by Crippen LogP contribution is 2.22. The van der Waals surface area contributed by atoms with Gasteiger partial charge in [-0.1, -0.05) is 12.8 Å². The van der Waals surface area contributed by atoms with Gasteiger partial charge in [-0.2, -0.15) is 0 Å². The molecule has 3 nitrogen and oxygen atoms in total. The Morgan fingerprint density at radius 3 is 2.86 bits per heavy atom. The molecule has 0 radical (unpaired) electrons. The minimum Gasteiger partial charge on any atom is -0.382 e. The normalized spacial score (nSPS) is 16.9. The average molecular weight is 191 g/mol. The SMILES string of the molecule is CNc1cc(NC2CCCC2)ccn1. The third-order valence-corrected chi connectivity index (χ3v) is 2.74. The topological polar surface area (TPSA) is 37.0 Å². The summed E-state index contributed by atoms with van der Waals surface area (Å²) in [6, 6.07) is 4.75. The maximum absolute atomic E-state index is 4.18. The molecule has 0 amide bonds. The van der Waals surface area contributed by atoms with Crippen molar-refractivity contribution in [3.8, 4) is 0 Å². The van der Waals surface area contributed by atoms with Gasteiger partial charge in [-0.15, -0.1) is 0 Å². The predicted molar refractivity (Wildman–Crippen MR) is 59.7 cm³/mol. The van der Waals surface area contributed by atoms with Gasteiger partial charge in [0, 0.05) is 31.0 Å². The molecule has 0 spiro atoms. The lowest BCUT2D eigenvalue weighted by Gasteiger charge is -2.13. The average Bonchev–Trinajstić information content (AvgIpc) is 2.71. The van der Waals surface area contributed by atoms with Gasteiger partial charge in [0.05, 0.1) is 0 Å². The van der Waals surface area contributed by atoms with Gasteiger partial charge in [0.15, 0.2) is 0 Å². The summed E-state index contributed by atoms with van der Waals surface area (Å²) >= 11 is 0. The van der Waals surface area contributed by atoms with E-state index in [9.17, 15) is 0 Å². The van der Waals surface area contributed by atoms with E-state index < -0.39 is 0 Å². The lowest BCUT2D eigenvalue weighted by atomic mass is 10.2. The van der Waals surface area contributed by atoms with Gasteiger partial charge in [-0.3, -0.25) is 0 Å².